The van der Waals surface area contributed by atoms with Crippen molar-refractivity contribution in [3.63, 3.8) is 0 Å². The summed E-state index contributed by atoms with van der Waals surface area (Å²) in [7, 11) is 0. The second-order valence-corrected chi connectivity index (χ2v) is 9.05. The van der Waals surface area contributed by atoms with E-state index in [1.165, 1.54) is 11.3 Å². The average molecular weight is 435 g/mol. The van der Waals surface area contributed by atoms with Crippen LogP contribution in [-0.4, -0.2) is 62.5 Å². The van der Waals surface area contributed by atoms with Gasteiger partial charge < -0.3 is 15.1 Å². The molecule has 0 spiro atoms. The van der Waals surface area contributed by atoms with Gasteiger partial charge >= 0.3 is 0 Å². The first-order valence-electron chi connectivity index (χ1n) is 11.7. The first-order chi connectivity index (χ1) is 15.5. The Bertz CT molecular complexity index is 935. The van der Waals surface area contributed by atoms with Gasteiger partial charge in [0.2, 0.25) is 11.8 Å². The van der Waals surface area contributed by atoms with Gasteiger partial charge in [0, 0.05) is 57.1 Å². The summed E-state index contributed by atoms with van der Waals surface area (Å²) in [4.78, 5) is 31.6. The summed E-state index contributed by atoms with van der Waals surface area (Å²) in [5, 5.41) is 3.05. The second-order valence-electron chi connectivity index (χ2n) is 9.05. The number of nitrogens with zero attached hydrogens (tertiary/aromatic N) is 3. The number of amides is 2. The van der Waals surface area contributed by atoms with Crippen molar-refractivity contribution in [2.75, 3.05) is 55.6 Å². The summed E-state index contributed by atoms with van der Waals surface area (Å²) >= 11 is 0. The maximum Gasteiger partial charge on any atom is 0.227 e. The molecule has 0 bridgehead atoms. The molecule has 2 amide bonds. The smallest absolute Gasteiger partial charge is 0.227 e. The normalized spacial score (nSPS) is 19.4. The third kappa shape index (κ3) is 5.49. The van der Waals surface area contributed by atoms with Gasteiger partial charge in [-0.2, -0.15) is 0 Å². The van der Waals surface area contributed by atoms with Gasteiger partial charge in [0.15, 0.2) is 0 Å². The van der Waals surface area contributed by atoms with E-state index in [2.05, 4.69) is 46.3 Å². The van der Waals surface area contributed by atoms with Crippen molar-refractivity contribution in [1.29, 1.82) is 0 Å². The zero-order chi connectivity index (χ0) is 22.5. The molecule has 4 rings (SSSR count). The van der Waals surface area contributed by atoms with Gasteiger partial charge in [-0.3, -0.25) is 14.5 Å². The average Bonchev–Trinajstić information content (AvgIpc) is 3.19. The van der Waals surface area contributed by atoms with Crippen LogP contribution in [0.4, 0.5) is 11.4 Å². The summed E-state index contributed by atoms with van der Waals surface area (Å²) in [6.07, 6.45) is 1.22. The minimum Gasteiger partial charge on any atom is -0.369 e. The van der Waals surface area contributed by atoms with Crippen LogP contribution in [0.25, 0.3) is 0 Å². The lowest BCUT2D eigenvalue weighted by atomic mass is 10.1. The minimum absolute atomic E-state index is 0.00257. The molecule has 32 heavy (non-hydrogen) atoms. The molecule has 2 aliphatic rings. The summed E-state index contributed by atoms with van der Waals surface area (Å²) < 4.78 is 0. The van der Waals surface area contributed by atoms with Gasteiger partial charge in [-0.25, -0.2) is 0 Å². The van der Waals surface area contributed by atoms with E-state index in [-0.39, 0.29) is 17.7 Å². The zero-order valence-corrected chi connectivity index (χ0v) is 19.2. The van der Waals surface area contributed by atoms with Gasteiger partial charge in [-0.05, 0) is 56.6 Å². The van der Waals surface area contributed by atoms with Gasteiger partial charge in [0.1, 0.15) is 0 Å². The molecule has 2 heterocycles. The van der Waals surface area contributed by atoms with Gasteiger partial charge in [-0.15, -0.1) is 0 Å². The lowest BCUT2D eigenvalue weighted by Gasteiger charge is -2.36. The van der Waals surface area contributed by atoms with E-state index in [1.807, 2.05) is 31.2 Å². The molecule has 170 valence electrons. The number of hydrogen-bond acceptors (Lipinski definition) is 4. The molecule has 1 N–H and O–H groups in total. The van der Waals surface area contributed by atoms with Crippen LogP contribution in [0.3, 0.4) is 0 Å². The number of aryl methyl sites for hydroxylation is 2. The first kappa shape index (κ1) is 22.3. The Balaban J connectivity index is 1.15. The Labute approximate surface area is 191 Å². The summed E-state index contributed by atoms with van der Waals surface area (Å²) in [5.74, 6) is -0.237. The number of piperazine rings is 1. The maximum absolute atomic E-state index is 12.6. The monoisotopic (exact) mass is 434 g/mol. The highest BCUT2D eigenvalue weighted by molar-refractivity contribution is 6.00. The van der Waals surface area contributed by atoms with Gasteiger partial charge in [0.25, 0.3) is 0 Å². The van der Waals surface area contributed by atoms with Crippen LogP contribution in [0.1, 0.15) is 24.0 Å². The molecule has 1 unspecified atom stereocenters. The zero-order valence-electron chi connectivity index (χ0n) is 19.2. The molecule has 0 radical (unpaired) electrons. The number of hydrogen-bond donors (Lipinski definition) is 1. The van der Waals surface area contributed by atoms with Crippen molar-refractivity contribution in [2.24, 2.45) is 5.92 Å². The van der Waals surface area contributed by atoms with E-state index in [9.17, 15) is 9.59 Å². The molecule has 1 atom stereocenters. The summed E-state index contributed by atoms with van der Waals surface area (Å²) in [5.41, 5.74) is 4.64. The molecule has 0 aliphatic carbocycles. The number of anilines is 2. The Morgan fingerprint density at radius 1 is 0.969 bits per heavy atom. The Morgan fingerprint density at radius 3 is 2.44 bits per heavy atom. The van der Waals surface area contributed by atoms with E-state index in [1.54, 1.807) is 4.90 Å². The predicted octanol–water partition coefficient (Wildman–Crippen LogP) is 2.98. The molecule has 2 aromatic carbocycles. The van der Waals surface area contributed by atoms with Gasteiger partial charge in [0.05, 0.1) is 5.92 Å². The van der Waals surface area contributed by atoms with Crippen LogP contribution in [0.2, 0.25) is 0 Å². The molecule has 2 aliphatic heterocycles. The van der Waals surface area contributed by atoms with Crippen LogP contribution in [0, 0.1) is 19.8 Å². The summed E-state index contributed by atoms with van der Waals surface area (Å²) in [6.45, 7) is 10.4. The van der Waals surface area contributed by atoms with Crippen molar-refractivity contribution >= 4 is 23.2 Å². The molecule has 6 nitrogen and oxygen atoms in total. The van der Waals surface area contributed by atoms with Crippen molar-refractivity contribution in [1.82, 2.24) is 10.2 Å². The number of carbonyl (C=O) groups is 2. The van der Waals surface area contributed by atoms with Crippen LogP contribution in [0.15, 0.2) is 48.5 Å². The lowest BCUT2D eigenvalue weighted by Crippen LogP contribution is -2.47. The SMILES string of the molecule is Cc1ccc(N2CC(C(=O)NCCCN3CCN(c4cccc(C)c4)CC3)CC2=O)cc1. The third-order valence-electron chi connectivity index (χ3n) is 6.53. The first-order valence-corrected chi connectivity index (χ1v) is 11.7. The maximum atomic E-state index is 12.6. The van der Waals surface area contributed by atoms with Crippen LogP contribution in [-0.2, 0) is 9.59 Å². The summed E-state index contributed by atoms with van der Waals surface area (Å²) in [6, 6.07) is 16.6. The number of benzene rings is 2. The Hall–Kier alpha value is -2.86. The van der Waals surface area contributed by atoms with E-state index in [0.717, 1.165) is 50.4 Å². The fourth-order valence-electron chi connectivity index (χ4n) is 4.57. The molecular weight excluding hydrogens is 400 g/mol. The highest BCUT2D eigenvalue weighted by Crippen LogP contribution is 2.25. The number of nitrogens with one attached hydrogen (secondary N) is 1. The molecule has 0 aromatic heterocycles. The third-order valence-corrected chi connectivity index (χ3v) is 6.53. The molecule has 0 saturated carbocycles. The molecule has 2 aromatic rings. The van der Waals surface area contributed by atoms with Crippen LogP contribution >= 0.6 is 0 Å². The molecule has 2 fully saturated rings. The number of rotatable bonds is 7. The van der Waals surface area contributed by atoms with E-state index >= 15 is 0 Å². The molecular formula is C26H34N4O2. The van der Waals surface area contributed by atoms with E-state index in [4.69, 9.17) is 0 Å². The largest absolute Gasteiger partial charge is 0.369 e. The lowest BCUT2D eigenvalue weighted by molar-refractivity contribution is -0.126. The standard InChI is InChI=1S/C26H34N4O2/c1-20-7-9-23(10-8-20)30-19-22(18-25(30)31)26(32)27-11-4-12-28-13-15-29(16-14-28)24-6-3-5-21(2)17-24/h3,5-10,17,22H,4,11-16,18-19H2,1-2H3,(H,27,32). The Morgan fingerprint density at radius 2 is 1.72 bits per heavy atom. The highest BCUT2D eigenvalue weighted by Gasteiger charge is 2.34. The fraction of sp³-hybridized carbons (Fsp3) is 0.462. The van der Waals surface area contributed by atoms with E-state index < -0.39 is 0 Å². The molecule has 6 heteroatoms. The number of carbonyl (C=O) groups excluding carboxylic acids is 2. The van der Waals surface area contributed by atoms with Crippen molar-refractivity contribution in [3.05, 3.63) is 59.7 Å². The predicted molar refractivity (Wildman–Crippen MR) is 129 cm³/mol. The topological polar surface area (TPSA) is 55.9 Å². The second kappa shape index (κ2) is 10.2. The minimum atomic E-state index is -0.262. The van der Waals surface area contributed by atoms with Crippen LogP contribution < -0.4 is 15.1 Å². The van der Waals surface area contributed by atoms with Crippen molar-refractivity contribution in [3.8, 4) is 0 Å². The van der Waals surface area contributed by atoms with Crippen LogP contribution in [0.5, 0.6) is 0 Å². The fourth-order valence-corrected chi connectivity index (χ4v) is 4.57. The van der Waals surface area contributed by atoms with Crippen molar-refractivity contribution < 1.29 is 9.59 Å². The quantitative estimate of drug-likeness (QED) is 0.681. The molecule has 2 saturated heterocycles. The highest BCUT2D eigenvalue weighted by atomic mass is 16.2. The van der Waals surface area contributed by atoms with Crippen molar-refractivity contribution in [2.45, 2.75) is 26.7 Å². The Kier molecular flexibility index (Phi) is 7.10. The van der Waals surface area contributed by atoms with Gasteiger partial charge in [-0.1, -0.05) is 29.8 Å². The van der Waals surface area contributed by atoms with E-state index in [0.29, 0.717) is 19.5 Å².